The third-order valence-corrected chi connectivity index (χ3v) is 6.39. The zero-order valence-electron chi connectivity index (χ0n) is 20.4. The van der Waals surface area contributed by atoms with Gasteiger partial charge in [-0.3, -0.25) is 0 Å². The van der Waals surface area contributed by atoms with Crippen molar-refractivity contribution in [1.29, 1.82) is 0 Å². The lowest BCUT2D eigenvalue weighted by atomic mass is 9.81. The molecule has 1 rings (SSSR count). The van der Waals surface area contributed by atoms with E-state index in [1.807, 2.05) is 0 Å². The number of aromatic carboxylic acids is 3. The summed E-state index contributed by atoms with van der Waals surface area (Å²) in [6.45, 7) is 4.34. The first-order chi connectivity index (χ1) is 15.8. The minimum atomic E-state index is -1.38. The SMILES string of the molecule is CCCCCCCCCC(CCCCCCCC)c1c(C(=O)O)ccc(C(=O)O)c1C(=O)O. The van der Waals surface area contributed by atoms with Gasteiger partial charge in [-0.15, -0.1) is 0 Å². The van der Waals surface area contributed by atoms with Crippen molar-refractivity contribution in [2.24, 2.45) is 0 Å². The van der Waals surface area contributed by atoms with Crippen LogP contribution in [0.4, 0.5) is 0 Å². The van der Waals surface area contributed by atoms with Gasteiger partial charge in [0, 0.05) is 0 Å². The fraction of sp³-hybridized carbons (Fsp3) is 0.667. The normalized spacial score (nSPS) is 11.9. The monoisotopic (exact) mass is 462 g/mol. The highest BCUT2D eigenvalue weighted by molar-refractivity contribution is 6.05. The van der Waals surface area contributed by atoms with Crippen molar-refractivity contribution >= 4 is 17.9 Å². The summed E-state index contributed by atoms with van der Waals surface area (Å²) in [5.74, 6) is -4.21. The Hall–Kier alpha value is -2.37. The Morgan fingerprint density at radius 2 is 1.00 bits per heavy atom. The summed E-state index contributed by atoms with van der Waals surface area (Å²) in [6.07, 6.45) is 15.6. The average Bonchev–Trinajstić information content (AvgIpc) is 2.78. The van der Waals surface area contributed by atoms with Gasteiger partial charge in [0.05, 0.1) is 16.7 Å². The van der Waals surface area contributed by atoms with Gasteiger partial charge in [0.1, 0.15) is 0 Å². The summed E-state index contributed by atoms with van der Waals surface area (Å²) in [4.78, 5) is 35.8. The van der Waals surface area contributed by atoms with Crippen molar-refractivity contribution < 1.29 is 29.7 Å². The Balaban J connectivity index is 3.12. The predicted molar refractivity (Wildman–Crippen MR) is 131 cm³/mol. The van der Waals surface area contributed by atoms with E-state index in [0.717, 1.165) is 57.4 Å². The molecule has 1 unspecified atom stereocenters. The van der Waals surface area contributed by atoms with Gasteiger partial charge in [-0.25, -0.2) is 14.4 Å². The topological polar surface area (TPSA) is 112 Å². The van der Waals surface area contributed by atoms with Gasteiger partial charge in [0.2, 0.25) is 0 Å². The molecule has 0 spiro atoms. The Morgan fingerprint density at radius 1 is 0.606 bits per heavy atom. The largest absolute Gasteiger partial charge is 0.478 e. The van der Waals surface area contributed by atoms with E-state index in [9.17, 15) is 29.7 Å². The summed E-state index contributed by atoms with van der Waals surface area (Å²) < 4.78 is 0. The Bertz CT molecular complexity index is 755. The van der Waals surface area contributed by atoms with Gasteiger partial charge in [0.25, 0.3) is 0 Å². The van der Waals surface area contributed by atoms with E-state index in [4.69, 9.17) is 0 Å². The van der Waals surface area contributed by atoms with E-state index in [2.05, 4.69) is 13.8 Å². The van der Waals surface area contributed by atoms with E-state index in [0.29, 0.717) is 12.8 Å². The van der Waals surface area contributed by atoms with Crippen LogP contribution in [0.5, 0.6) is 0 Å². The standard InChI is InChI=1S/C27H42O6/c1-3-5-7-9-11-13-15-17-20(16-14-12-10-8-6-4-2)23-21(25(28)29)18-19-22(26(30)31)24(23)27(32)33/h18-20H,3-17H2,1-2H3,(H,28,29)(H,30,31)(H,32,33). The lowest BCUT2D eigenvalue weighted by Crippen LogP contribution is -2.18. The summed E-state index contributed by atoms with van der Waals surface area (Å²) in [7, 11) is 0. The molecule has 0 heterocycles. The highest BCUT2D eigenvalue weighted by atomic mass is 16.4. The molecule has 0 fully saturated rings. The minimum absolute atomic E-state index is 0.0867. The quantitative estimate of drug-likeness (QED) is 0.181. The Morgan fingerprint density at radius 3 is 1.39 bits per heavy atom. The molecule has 0 bridgehead atoms. The maximum Gasteiger partial charge on any atom is 0.336 e. The summed E-state index contributed by atoms with van der Waals surface area (Å²) in [6, 6.07) is 2.36. The van der Waals surface area contributed by atoms with Gasteiger partial charge < -0.3 is 15.3 Å². The maximum absolute atomic E-state index is 12.1. The van der Waals surface area contributed by atoms with Crippen LogP contribution < -0.4 is 0 Å². The van der Waals surface area contributed by atoms with E-state index < -0.39 is 17.9 Å². The van der Waals surface area contributed by atoms with Gasteiger partial charge in [-0.1, -0.05) is 97.3 Å². The van der Waals surface area contributed by atoms with Crippen molar-refractivity contribution in [3.8, 4) is 0 Å². The highest BCUT2D eigenvalue weighted by Gasteiger charge is 2.29. The second kappa shape index (κ2) is 16.3. The Labute approximate surface area is 198 Å². The number of carboxylic acid groups (broad SMARTS) is 3. The molecule has 0 amide bonds. The summed E-state index contributed by atoms with van der Waals surface area (Å²) in [5.41, 5.74) is -0.595. The maximum atomic E-state index is 12.1. The molecule has 0 radical (unpaired) electrons. The number of carboxylic acids is 3. The first-order valence-corrected chi connectivity index (χ1v) is 12.7. The first-order valence-electron chi connectivity index (χ1n) is 12.7. The smallest absolute Gasteiger partial charge is 0.336 e. The van der Waals surface area contributed by atoms with Crippen LogP contribution in [-0.2, 0) is 0 Å². The van der Waals surface area contributed by atoms with Crippen LogP contribution in [0.1, 0.15) is 153 Å². The molecule has 0 saturated carbocycles. The number of benzene rings is 1. The molecule has 0 aliphatic carbocycles. The molecule has 1 atom stereocenters. The van der Waals surface area contributed by atoms with Gasteiger partial charge in [-0.05, 0) is 36.5 Å². The van der Waals surface area contributed by atoms with Crippen LogP contribution in [-0.4, -0.2) is 33.2 Å². The number of unbranched alkanes of at least 4 members (excludes halogenated alkanes) is 11. The van der Waals surface area contributed by atoms with Crippen LogP contribution in [0.15, 0.2) is 12.1 Å². The van der Waals surface area contributed by atoms with Crippen LogP contribution in [0.2, 0.25) is 0 Å². The summed E-state index contributed by atoms with van der Waals surface area (Å²) >= 11 is 0. The fourth-order valence-corrected chi connectivity index (χ4v) is 4.59. The second-order valence-corrected chi connectivity index (χ2v) is 9.03. The van der Waals surface area contributed by atoms with Crippen LogP contribution in [0.3, 0.4) is 0 Å². The predicted octanol–water partition coefficient (Wildman–Crippen LogP) is 7.76. The molecule has 0 saturated heterocycles. The number of hydrogen-bond acceptors (Lipinski definition) is 3. The van der Waals surface area contributed by atoms with Gasteiger partial charge in [-0.2, -0.15) is 0 Å². The second-order valence-electron chi connectivity index (χ2n) is 9.03. The van der Waals surface area contributed by atoms with Crippen molar-refractivity contribution in [1.82, 2.24) is 0 Å². The molecule has 1 aromatic carbocycles. The van der Waals surface area contributed by atoms with E-state index in [1.54, 1.807) is 0 Å². The van der Waals surface area contributed by atoms with E-state index in [-0.39, 0.29) is 28.2 Å². The molecule has 0 aromatic heterocycles. The lowest BCUT2D eigenvalue weighted by Gasteiger charge is -2.23. The molecular weight excluding hydrogens is 420 g/mol. The fourth-order valence-electron chi connectivity index (χ4n) is 4.59. The van der Waals surface area contributed by atoms with E-state index >= 15 is 0 Å². The molecule has 1 aromatic rings. The minimum Gasteiger partial charge on any atom is -0.478 e. The third kappa shape index (κ3) is 9.97. The number of rotatable bonds is 19. The molecule has 33 heavy (non-hydrogen) atoms. The highest BCUT2D eigenvalue weighted by Crippen LogP contribution is 2.35. The first kappa shape index (κ1) is 28.7. The van der Waals surface area contributed by atoms with Gasteiger partial charge >= 0.3 is 17.9 Å². The van der Waals surface area contributed by atoms with E-state index in [1.165, 1.54) is 38.2 Å². The Kier molecular flexibility index (Phi) is 14.1. The zero-order chi connectivity index (χ0) is 24.6. The van der Waals surface area contributed by atoms with Crippen molar-refractivity contribution in [3.05, 3.63) is 34.4 Å². The molecule has 3 N–H and O–H groups in total. The molecule has 6 nitrogen and oxygen atoms in total. The third-order valence-electron chi connectivity index (χ3n) is 6.39. The van der Waals surface area contributed by atoms with Crippen molar-refractivity contribution in [3.63, 3.8) is 0 Å². The average molecular weight is 463 g/mol. The number of carbonyl (C=O) groups is 3. The molecule has 6 heteroatoms. The van der Waals surface area contributed by atoms with Gasteiger partial charge in [0.15, 0.2) is 0 Å². The van der Waals surface area contributed by atoms with Crippen LogP contribution >= 0.6 is 0 Å². The molecule has 0 aliphatic heterocycles. The van der Waals surface area contributed by atoms with Crippen LogP contribution in [0.25, 0.3) is 0 Å². The van der Waals surface area contributed by atoms with Crippen molar-refractivity contribution in [2.45, 2.75) is 116 Å². The zero-order valence-corrected chi connectivity index (χ0v) is 20.4. The molecule has 186 valence electrons. The van der Waals surface area contributed by atoms with Crippen molar-refractivity contribution in [2.75, 3.05) is 0 Å². The number of hydrogen-bond donors (Lipinski definition) is 3. The molecular formula is C27H42O6. The molecule has 0 aliphatic rings. The lowest BCUT2D eigenvalue weighted by molar-refractivity contribution is 0.0646. The van der Waals surface area contributed by atoms with Crippen LogP contribution in [0, 0.1) is 0 Å². The summed E-state index contributed by atoms with van der Waals surface area (Å²) in [5, 5.41) is 29.2.